The second-order valence-corrected chi connectivity index (χ2v) is 9.19. The molecule has 1 aliphatic rings. The molecule has 1 fully saturated rings. The Kier molecular flexibility index (Phi) is 7.40. The van der Waals surface area contributed by atoms with Crippen molar-refractivity contribution in [1.82, 2.24) is 9.62 Å². The zero-order valence-corrected chi connectivity index (χ0v) is 17.8. The summed E-state index contributed by atoms with van der Waals surface area (Å²) in [6.45, 7) is -0.459. The molecule has 0 aromatic heterocycles. The number of amides is 1. The minimum absolute atomic E-state index is 0.0174. The number of ether oxygens (including phenoxy) is 1. The van der Waals surface area contributed by atoms with Crippen LogP contribution in [0.15, 0.2) is 59.5 Å². The van der Waals surface area contributed by atoms with Crippen LogP contribution in [0.4, 0.5) is 8.78 Å². The van der Waals surface area contributed by atoms with E-state index in [-0.39, 0.29) is 22.6 Å². The molecule has 166 valence electrons. The smallest absolute Gasteiger partial charge is 0.387 e. The molecule has 0 aliphatic carbocycles. The fourth-order valence-electron chi connectivity index (χ4n) is 3.34. The number of sulfonamides is 1. The van der Waals surface area contributed by atoms with Gasteiger partial charge in [0.2, 0.25) is 15.9 Å². The third-order valence-electron chi connectivity index (χ3n) is 5.01. The van der Waals surface area contributed by atoms with Gasteiger partial charge in [-0.1, -0.05) is 35.9 Å². The normalized spacial score (nSPS) is 16.0. The predicted molar refractivity (Wildman–Crippen MR) is 113 cm³/mol. The maximum Gasteiger partial charge on any atom is 0.387 e. The van der Waals surface area contributed by atoms with Crippen LogP contribution >= 0.6 is 0 Å². The third-order valence-corrected chi connectivity index (χ3v) is 6.92. The van der Waals surface area contributed by atoms with Crippen LogP contribution in [0.2, 0.25) is 0 Å². The summed E-state index contributed by atoms with van der Waals surface area (Å²) in [5.74, 6) is -0.400. The number of carbonyl (C=O) groups is 1. The van der Waals surface area contributed by atoms with Gasteiger partial charge in [-0.15, -0.1) is 0 Å². The molecule has 9 heteroatoms. The number of nitrogens with zero attached hydrogens (tertiary/aromatic N) is 1. The van der Waals surface area contributed by atoms with Crippen molar-refractivity contribution >= 4 is 22.0 Å². The van der Waals surface area contributed by atoms with Gasteiger partial charge in [-0.2, -0.15) is 13.1 Å². The van der Waals surface area contributed by atoms with Gasteiger partial charge < -0.3 is 10.1 Å². The number of aryl methyl sites for hydroxylation is 1. The van der Waals surface area contributed by atoms with Gasteiger partial charge in [0.05, 0.1) is 4.90 Å². The van der Waals surface area contributed by atoms with Crippen molar-refractivity contribution in [2.24, 2.45) is 0 Å². The van der Waals surface area contributed by atoms with Gasteiger partial charge in [-0.05, 0) is 44.0 Å². The predicted octanol–water partition coefficient (Wildman–Crippen LogP) is 3.58. The molecule has 0 unspecified atom stereocenters. The first kappa shape index (κ1) is 22.9. The zero-order chi connectivity index (χ0) is 22.4. The average Bonchev–Trinajstić information content (AvgIpc) is 2.73. The van der Waals surface area contributed by atoms with E-state index in [0.717, 1.165) is 5.56 Å². The third kappa shape index (κ3) is 6.11. The molecule has 0 radical (unpaired) electrons. The van der Waals surface area contributed by atoms with Crippen molar-refractivity contribution < 1.29 is 26.7 Å². The molecule has 0 spiro atoms. The monoisotopic (exact) mass is 450 g/mol. The van der Waals surface area contributed by atoms with E-state index >= 15 is 0 Å². The summed E-state index contributed by atoms with van der Waals surface area (Å²) in [5, 5.41) is 2.83. The largest absolute Gasteiger partial charge is 0.434 e. The quantitative estimate of drug-likeness (QED) is 0.655. The van der Waals surface area contributed by atoms with Gasteiger partial charge in [-0.25, -0.2) is 8.42 Å². The van der Waals surface area contributed by atoms with Crippen LogP contribution in [-0.2, 0) is 14.8 Å². The summed E-state index contributed by atoms with van der Waals surface area (Å²) in [6, 6.07) is 12.7. The number of hydrogen-bond acceptors (Lipinski definition) is 4. The number of rotatable bonds is 7. The van der Waals surface area contributed by atoms with Gasteiger partial charge in [-0.3, -0.25) is 4.79 Å². The summed E-state index contributed by atoms with van der Waals surface area (Å²) in [4.78, 5) is 12.5. The SMILES string of the molecule is Cc1ccc(S(=O)(=O)N2CCC(NC(=O)C=Cc3ccccc3OC(F)F)CC2)cc1. The lowest BCUT2D eigenvalue weighted by Crippen LogP contribution is -2.46. The Hall–Kier alpha value is -2.78. The highest BCUT2D eigenvalue weighted by Crippen LogP contribution is 2.23. The van der Waals surface area contributed by atoms with Gasteiger partial charge in [0.1, 0.15) is 5.75 Å². The Bertz CT molecular complexity index is 1030. The van der Waals surface area contributed by atoms with Gasteiger partial charge in [0.15, 0.2) is 0 Å². The van der Waals surface area contributed by atoms with Gasteiger partial charge >= 0.3 is 6.61 Å². The number of carbonyl (C=O) groups excluding carboxylic acids is 1. The molecule has 2 aromatic carbocycles. The number of halogens is 2. The second-order valence-electron chi connectivity index (χ2n) is 7.25. The molecule has 0 saturated carbocycles. The first-order valence-electron chi connectivity index (χ1n) is 9.85. The Labute approximate surface area is 180 Å². The lowest BCUT2D eigenvalue weighted by atomic mass is 10.1. The lowest BCUT2D eigenvalue weighted by Gasteiger charge is -2.31. The van der Waals surface area contributed by atoms with Crippen molar-refractivity contribution in [3.8, 4) is 5.75 Å². The molecule has 31 heavy (non-hydrogen) atoms. The molecule has 3 rings (SSSR count). The van der Waals surface area contributed by atoms with Gasteiger partial charge in [0.25, 0.3) is 0 Å². The van der Waals surface area contributed by atoms with Crippen molar-refractivity contribution in [2.45, 2.75) is 37.3 Å². The number of para-hydroxylation sites is 1. The maximum absolute atomic E-state index is 12.8. The molecule has 1 amide bonds. The van der Waals surface area contributed by atoms with Crippen molar-refractivity contribution in [3.63, 3.8) is 0 Å². The number of piperidine rings is 1. The molecule has 6 nitrogen and oxygen atoms in total. The molecule has 1 N–H and O–H groups in total. The minimum Gasteiger partial charge on any atom is -0.434 e. The number of hydrogen-bond donors (Lipinski definition) is 1. The van der Waals surface area contributed by atoms with E-state index in [1.807, 2.05) is 6.92 Å². The van der Waals surface area contributed by atoms with Gasteiger partial charge in [0, 0.05) is 30.8 Å². The molecular weight excluding hydrogens is 426 g/mol. The number of nitrogens with one attached hydrogen (secondary N) is 1. The highest BCUT2D eigenvalue weighted by atomic mass is 32.2. The topological polar surface area (TPSA) is 75.7 Å². The molecule has 0 atom stereocenters. The van der Waals surface area contributed by atoms with E-state index in [2.05, 4.69) is 10.1 Å². The molecule has 2 aromatic rings. The van der Waals surface area contributed by atoms with Crippen LogP contribution in [0.3, 0.4) is 0 Å². The highest BCUT2D eigenvalue weighted by molar-refractivity contribution is 7.89. The van der Waals surface area contributed by atoms with Crippen molar-refractivity contribution in [2.75, 3.05) is 13.1 Å². The minimum atomic E-state index is -3.56. The number of alkyl halides is 2. The van der Waals surface area contributed by atoms with Crippen LogP contribution in [0.1, 0.15) is 24.0 Å². The molecule has 1 saturated heterocycles. The Morgan fingerprint density at radius 3 is 2.42 bits per heavy atom. The van der Waals surface area contributed by atoms with E-state index < -0.39 is 16.6 Å². The van der Waals surface area contributed by atoms with E-state index in [1.54, 1.807) is 42.5 Å². The van der Waals surface area contributed by atoms with E-state index in [9.17, 15) is 22.0 Å². The fraction of sp³-hybridized carbons (Fsp3) is 0.318. The van der Waals surface area contributed by atoms with E-state index in [4.69, 9.17) is 0 Å². The molecule has 0 bridgehead atoms. The summed E-state index contributed by atoms with van der Waals surface area (Å²) >= 11 is 0. The second kappa shape index (κ2) is 10.0. The van der Waals surface area contributed by atoms with Crippen LogP contribution in [0.25, 0.3) is 6.08 Å². The summed E-state index contributed by atoms with van der Waals surface area (Å²) in [5.41, 5.74) is 1.34. The average molecular weight is 451 g/mol. The first-order valence-corrected chi connectivity index (χ1v) is 11.3. The molecule has 1 heterocycles. The molecular formula is C22H24F2N2O4S. The summed E-state index contributed by atoms with van der Waals surface area (Å²) in [6.07, 6.45) is 3.62. The first-order chi connectivity index (χ1) is 14.8. The standard InChI is InChI=1S/C22H24F2N2O4S/c1-16-6-9-19(10-7-16)31(28,29)26-14-12-18(13-15-26)25-21(27)11-8-17-4-2-3-5-20(17)30-22(23)24/h2-11,18,22H,12-15H2,1H3,(H,25,27). The Morgan fingerprint density at radius 1 is 1.13 bits per heavy atom. The van der Waals surface area contributed by atoms with Crippen molar-refractivity contribution in [3.05, 3.63) is 65.7 Å². The maximum atomic E-state index is 12.8. The number of benzene rings is 2. The van der Waals surface area contributed by atoms with Crippen molar-refractivity contribution in [1.29, 1.82) is 0 Å². The summed E-state index contributed by atoms with van der Waals surface area (Å²) < 4.78 is 56.3. The van der Waals surface area contributed by atoms with Crippen LogP contribution in [0.5, 0.6) is 5.75 Å². The highest BCUT2D eigenvalue weighted by Gasteiger charge is 2.29. The van der Waals surface area contributed by atoms with Crippen LogP contribution in [0, 0.1) is 6.92 Å². The Morgan fingerprint density at radius 2 is 1.77 bits per heavy atom. The van der Waals surface area contributed by atoms with E-state index in [0.29, 0.717) is 31.5 Å². The lowest BCUT2D eigenvalue weighted by molar-refractivity contribution is -0.117. The Balaban J connectivity index is 1.55. The zero-order valence-electron chi connectivity index (χ0n) is 17.0. The van der Waals surface area contributed by atoms with Crippen LogP contribution < -0.4 is 10.1 Å². The van der Waals surface area contributed by atoms with E-state index in [1.165, 1.54) is 22.5 Å². The summed E-state index contributed by atoms with van der Waals surface area (Å²) in [7, 11) is -3.56. The molecule has 1 aliphatic heterocycles. The van der Waals surface area contributed by atoms with Crippen LogP contribution in [-0.4, -0.2) is 44.4 Å². The fourth-order valence-corrected chi connectivity index (χ4v) is 4.81.